The first-order valence-corrected chi connectivity index (χ1v) is 11.4. The largest absolute Gasteiger partial charge is 0.456 e. The van der Waals surface area contributed by atoms with Crippen LogP contribution in [0.25, 0.3) is 0 Å². The third-order valence-corrected chi connectivity index (χ3v) is 5.72. The van der Waals surface area contributed by atoms with Crippen LogP contribution in [-0.4, -0.2) is 19.4 Å². The van der Waals surface area contributed by atoms with Gasteiger partial charge in [-0.2, -0.15) is 26.3 Å². The molecule has 15 heteroatoms. The maximum atomic E-state index is 14.0. The average molecular weight is 552 g/mol. The Labute approximate surface area is 204 Å². The molecule has 0 saturated heterocycles. The predicted octanol–water partition coefficient (Wildman–Crippen LogP) is 5.05. The Morgan fingerprint density at radius 3 is 2.19 bits per heavy atom. The highest BCUT2D eigenvalue weighted by atomic mass is 32.2. The molecule has 1 amide bonds. The minimum atomic E-state index is -5.49. The van der Waals surface area contributed by atoms with Crippen molar-refractivity contribution in [3.05, 3.63) is 82.7 Å². The first kappa shape index (κ1) is 27.9. The average Bonchev–Trinajstić information content (AvgIpc) is 2.77. The van der Waals surface area contributed by atoms with Crippen molar-refractivity contribution in [2.75, 3.05) is 5.32 Å². The standard InChI is InChI=1S/C22H15F7N2O5S/c23-17-9-14(5-4-11(17)10-32)36-18-7-12(21(24,25)26)6-16(22(27,28)29)19(18)20(33)31-13-2-1-3-15(8-13)37(30,34)35/h1-9,32H,10H2,(H,31,33)(H2,30,34,35). The minimum Gasteiger partial charge on any atom is -0.456 e. The molecule has 0 spiro atoms. The molecule has 0 heterocycles. The number of amides is 1. The van der Waals surface area contributed by atoms with E-state index in [1.807, 2.05) is 5.32 Å². The number of aliphatic hydroxyl groups excluding tert-OH is 1. The van der Waals surface area contributed by atoms with Crippen molar-refractivity contribution in [1.82, 2.24) is 0 Å². The number of benzene rings is 3. The number of carbonyl (C=O) groups is 1. The number of alkyl halides is 6. The lowest BCUT2D eigenvalue weighted by Gasteiger charge is -2.20. The molecule has 0 unspecified atom stereocenters. The van der Waals surface area contributed by atoms with Gasteiger partial charge in [0, 0.05) is 17.3 Å². The number of anilines is 1. The van der Waals surface area contributed by atoms with E-state index in [0.29, 0.717) is 6.07 Å². The van der Waals surface area contributed by atoms with Gasteiger partial charge >= 0.3 is 12.4 Å². The Balaban J connectivity index is 2.19. The lowest BCUT2D eigenvalue weighted by molar-refractivity contribution is -0.143. The molecule has 37 heavy (non-hydrogen) atoms. The lowest BCUT2D eigenvalue weighted by atomic mass is 10.0. The quantitative estimate of drug-likeness (QED) is 0.370. The molecule has 0 aliphatic rings. The molecular formula is C22H15F7N2O5S. The van der Waals surface area contributed by atoms with Crippen molar-refractivity contribution in [3.8, 4) is 11.5 Å². The van der Waals surface area contributed by atoms with E-state index in [1.165, 1.54) is 0 Å². The van der Waals surface area contributed by atoms with Gasteiger partial charge in [-0.3, -0.25) is 4.79 Å². The SMILES string of the molecule is NS(=O)(=O)c1cccc(NC(=O)c2c(Oc3ccc(CO)c(F)c3)cc(C(F)(F)F)cc2C(F)(F)F)c1. The second-order valence-corrected chi connectivity index (χ2v) is 8.99. The number of nitrogens with one attached hydrogen (secondary N) is 1. The summed E-state index contributed by atoms with van der Waals surface area (Å²) in [5.41, 5.74) is -5.82. The van der Waals surface area contributed by atoms with Crippen LogP contribution >= 0.6 is 0 Å². The zero-order valence-electron chi connectivity index (χ0n) is 18.1. The highest BCUT2D eigenvalue weighted by Gasteiger charge is 2.42. The number of sulfonamides is 1. The first-order valence-electron chi connectivity index (χ1n) is 9.84. The third-order valence-electron chi connectivity index (χ3n) is 4.81. The van der Waals surface area contributed by atoms with Gasteiger partial charge in [0.1, 0.15) is 17.3 Å². The van der Waals surface area contributed by atoms with Crippen molar-refractivity contribution >= 4 is 21.6 Å². The first-order chi connectivity index (χ1) is 17.0. The maximum absolute atomic E-state index is 14.0. The van der Waals surface area contributed by atoms with Crippen LogP contribution in [0.5, 0.6) is 11.5 Å². The number of ether oxygens (including phenoxy) is 1. The van der Waals surface area contributed by atoms with E-state index in [-0.39, 0.29) is 23.4 Å². The fourth-order valence-corrected chi connectivity index (χ4v) is 3.67. The Morgan fingerprint density at radius 1 is 0.973 bits per heavy atom. The number of aliphatic hydroxyl groups is 1. The van der Waals surface area contributed by atoms with Crippen LogP contribution in [-0.2, 0) is 29.0 Å². The molecule has 0 aliphatic heterocycles. The molecule has 0 saturated carbocycles. The smallest absolute Gasteiger partial charge is 0.417 e. The van der Waals surface area contributed by atoms with Crippen molar-refractivity contribution in [3.63, 3.8) is 0 Å². The molecule has 3 aromatic rings. The maximum Gasteiger partial charge on any atom is 0.417 e. The Hall–Kier alpha value is -3.69. The Bertz CT molecular complexity index is 1450. The molecule has 0 aliphatic carbocycles. The summed E-state index contributed by atoms with van der Waals surface area (Å²) in [5.74, 6) is -4.49. The van der Waals surface area contributed by atoms with Crippen molar-refractivity contribution in [1.29, 1.82) is 0 Å². The molecule has 3 rings (SSSR count). The van der Waals surface area contributed by atoms with Crippen molar-refractivity contribution in [2.24, 2.45) is 5.14 Å². The fourth-order valence-electron chi connectivity index (χ4n) is 3.11. The highest BCUT2D eigenvalue weighted by molar-refractivity contribution is 7.89. The van der Waals surface area contributed by atoms with E-state index in [4.69, 9.17) is 15.0 Å². The summed E-state index contributed by atoms with van der Waals surface area (Å²) in [4.78, 5) is 12.4. The van der Waals surface area contributed by atoms with Gasteiger partial charge in [0.15, 0.2) is 0 Å². The van der Waals surface area contributed by atoms with Gasteiger partial charge in [-0.25, -0.2) is 17.9 Å². The molecule has 0 atom stereocenters. The highest BCUT2D eigenvalue weighted by Crippen LogP contribution is 2.43. The zero-order valence-corrected chi connectivity index (χ0v) is 18.9. The summed E-state index contributed by atoms with van der Waals surface area (Å²) in [7, 11) is -4.27. The lowest BCUT2D eigenvalue weighted by Crippen LogP contribution is -2.22. The molecule has 0 radical (unpaired) electrons. The minimum absolute atomic E-state index is 0.128. The zero-order chi connectivity index (χ0) is 27.8. The number of halogens is 7. The van der Waals surface area contributed by atoms with Gasteiger partial charge < -0.3 is 15.2 Å². The summed E-state index contributed by atoms with van der Waals surface area (Å²) < 4.78 is 124. The molecule has 4 N–H and O–H groups in total. The molecule has 7 nitrogen and oxygen atoms in total. The Morgan fingerprint density at radius 2 is 1.65 bits per heavy atom. The molecular weight excluding hydrogens is 537 g/mol. The van der Waals surface area contributed by atoms with Gasteiger partial charge in [0.25, 0.3) is 5.91 Å². The van der Waals surface area contributed by atoms with Crippen LogP contribution < -0.4 is 15.2 Å². The van der Waals surface area contributed by atoms with E-state index in [0.717, 1.165) is 36.4 Å². The molecule has 0 fully saturated rings. The van der Waals surface area contributed by atoms with E-state index >= 15 is 0 Å². The molecule has 0 aromatic heterocycles. The summed E-state index contributed by atoms with van der Waals surface area (Å²) in [5, 5.41) is 16.0. The normalized spacial score (nSPS) is 12.4. The second kappa shape index (κ2) is 9.99. The number of rotatable bonds is 6. The fraction of sp³-hybridized carbons (Fsp3) is 0.136. The number of hydrogen-bond acceptors (Lipinski definition) is 5. The van der Waals surface area contributed by atoms with Crippen LogP contribution in [0.1, 0.15) is 27.0 Å². The van der Waals surface area contributed by atoms with Crippen molar-refractivity contribution < 1.29 is 53.8 Å². The predicted molar refractivity (Wildman–Crippen MR) is 115 cm³/mol. The van der Waals surface area contributed by atoms with Crippen LogP contribution in [0.2, 0.25) is 0 Å². The summed E-state index contributed by atoms with van der Waals surface area (Å²) in [6, 6.07) is 6.40. The van der Waals surface area contributed by atoms with Gasteiger partial charge in [0.05, 0.1) is 28.2 Å². The Kier molecular flexibility index (Phi) is 7.53. The summed E-state index contributed by atoms with van der Waals surface area (Å²) in [6.07, 6.45) is -10.8. The summed E-state index contributed by atoms with van der Waals surface area (Å²) in [6.45, 7) is -0.751. The summed E-state index contributed by atoms with van der Waals surface area (Å²) >= 11 is 0. The van der Waals surface area contributed by atoms with Crippen LogP contribution in [0.4, 0.5) is 36.4 Å². The van der Waals surface area contributed by atoms with E-state index in [2.05, 4.69) is 0 Å². The van der Waals surface area contributed by atoms with Gasteiger partial charge in [-0.15, -0.1) is 0 Å². The second-order valence-electron chi connectivity index (χ2n) is 7.43. The van der Waals surface area contributed by atoms with Gasteiger partial charge in [-0.1, -0.05) is 12.1 Å². The molecule has 0 bridgehead atoms. The van der Waals surface area contributed by atoms with E-state index in [1.54, 1.807) is 0 Å². The topological polar surface area (TPSA) is 119 Å². The van der Waals surface area contributed by atoms with Crippen molar-refractivity contribution in [2.45, 2.75) is 23.9 Å². The third kappa shape index (κ3) is 6.55. The number of nitrogens with two attached hydrogens (primary N) is 1. The van der Waals surface area contributed by atoms with E-state index in [9.17, 15) is 43.9 Å². The number of primary sulfonamides is 1. The number of hydrogen-bond donors (Lipinski definition) is 3. The number of carbonyl (C=O) groups excluding carboxylic acids is 1. The van der Waals surface area contributed by atoms with Crippen LogP contribution in [0, 0.1) is 5.82 Å². The van der Waals surface area contributed by atoms with E-state index < -0.39 is 73.8 Å². The van der Waals surface area contributed by atoms with Gasteiger partial charge in [0.2, 0.25) is 10.0 Å². The molecule has 198 valence electrons. The van der Waals surface area contributed by atoms with Gasteiger partial charge in [-0.05, 0) is 36.4 Å². The monoisotopic (exact) mass is 552 g/mol. The molecule has 3 aromatic carbocycles. The van der Waals surface area contributed by atoms with Crippen LogP contribution in [0.15, 0.2) is 59.5 Å². The van der Waals surface area contributed by atoms with Crippen LogP contribution in [0.3, 0.4) is 0 Å².